The van der Waals surface area contributed by atoms with Gasteiger partial charge in [0.25, 0.3) is 0 Å². The molecule has 0 saturated heterocycles. The van der Waals surface area contributed by atoms with Gasteiger partial charge in [0, 0.05) is 35.7 Å². The molecule has 10 nitrogen and oxygen atoms in total. The summed E-state index contributed by atoms with van der Waals surface area (Å²) in [5.74, 6) is -9.78. The smallest absolute Gasteiger partial charge is 0.233 e. The lowest BCUT2D eigenvalue weighted by molar-refractivity contribution is -0.157. The molecule has 11 heteroatoms. The Morgan fingerprint density at radius 2 is 1.85 bits per heavy atom. The fraction of sp³-hybridized carbons (Fsp3) is 0.522. The van der Waals surface area contributed by atoms with Crippen molar-refractivity contribution in [3.05, 3.63) is 28.1 Å². The van der Waals surface area contributed by atoms with E-state index in [4.69, 9.17) is 11.1 Å². The maximum atomic E-state index is 15.4. The van der Waals surface area contributed by atoms with Crippen molar-refractivity contribution in [3.63, 3.8) is 0 Å². The number of nitrogens with one attached hydrogen (secondary N) is 2. The van der Waals surface area contributed by atoms with E-state index in [9.17, 15) is 29.4 Å². The first-order chi connectivity index (χ1) is 15.9. The highest BCUT2D eigenvalue weighted by Gasteiger charge is 2.67. The van der Waals surface area contributed by atoms with Crippen molar-refractivity contribution in [1.82, 2.24) is 10.2 Å². The van der Waals surface area contributed by atoms with Gasteiger partial charge in [-0.2, -0.15) is 0 Å². The first-order valence-corrected chi connectivity index (χ1v) is 11.1. The van der Waals surface area contributed by atoms with Crippen LogP contribution in [0, 0.1) is 34.9 Å². The fourth-order valence-electron chi connectivity index (χ4n) is 6.54. The van der Waals surface area contributed by atoms with Crippen LogP contribution in [-0.4, -0.2) is 69.8 Å². The van der Waals surface area contributed by atoms with Gasteiger partial charge in [0.2, 0.25) is 5.91 Å². The van der Waals surface area contributed by atoms with E-state index >= 15 is 4.39 Å². The Labute approximate surface area is 193 Å². The minimum absolute atomic E-state index is 0.0260. The highest BCUT2D eigenvalue weighted by Crippen LogP contribution is 2.51. The number of Topliss-reactive ketones (excluding diaryl/α,β-unsaturated/α-hetero) is 3. The number of rotatable bonds is 2. The van der Waals surface area contributed by atoms with Gasteiger partial charge in [-0.25, -0.2) is 4.39 Å². The van der Waals surface area contributed by atoms with Crippen LogP contribution >= 0.6 is 0 Å². The van der Waals surface area contributed by atoms with Gasteiger partial charge in [0.1, 0.15) is 17.5 Å². The topological polar surface area (TPSA) is 174 Å². The number of amides is 1. The average Bonchev–Trinajstić information content (AvgIpc) is 3.24. The molecule has 1 aromatic rings. The van der Waals surface area contributed by atoms with E-state index in [1.807, 2.05) is 0 Å². The van der Waals surface area contributed by atoms with Crippen LogP contribution in [0.1, 0.15) is 33.5 Å². The van der Waals surface area contributed by atoms with Crippen LogP contribution in [-0.2, 0) is 33.9 Å². The Bertz CT molecular complexity index is 1210. The van der Waals surface area contributed by atoms with Crippen LogP contribution in [0.25, 0.3) is 0 Å². The molecule has 180 valence electrons. The lowest BCUT2D eigenvalue weighted by Crippen LogP contribution is -2.73. The number of fused-ring (bicyclic) bond motifs is 4. The number of nitrogens with two attached hydrogens (primary N) is 1. The molecule has 5 rings (SSSR count). The molecular weight excluding hydrogens is 447 g/mol. The van der Waals surface area contributed by atoms with Gasteiger partial charge in [-0.1, -0.05) is 0 Å². The highest BCUT2D eigenvalue weighted by molar-refractivity contribution is 6.33. The highest BCUT2D eigenvalue weighted by atomic mass is 19.1. The molecule has 34 heavy (non-hydrogen) atoms. The lowest BCUT2D eigenvalue weighted by Gasteiger charge is -2.53. The summed E-state index contributed by atoms with van der Waals surface area (Å²) in [6.07, 6.45) is -0.0757. The Hall–Kier alpha value is -3.02. The quantitative estimate of drug-likeness (QED) is 0.343. The monoisotopic (exact) mass is 472 g/mol. The zero-order valence-electron chi connectivity index (χ0n) is 18.6. The number of nitrogens with zero attached hydrogens (tertiary/aromatic N) is 1. The number of halogens is 1. The van der Waals surface area contributed by atoms with Gasteiger partial charge in [-0.3, -0.25) is 24.1 Å². The second kappa shape index (κ2) is 7.24. The maximum Gasteiger partial charge on any atom is 0.233 e. The Morgan fingerprint density at radius 1 is 1.21 bits per heavy atom. The average molecular weight is 472 g/mol. The Balaban J connectivity index is 1.67. The number of ketones is 3. The van der Waals surface area contributed by atoms with Crippen molar-refractivity contribution in [2.45, 2.75) is 37.6 Å². The molecule has 4 aliphatic rings. The van der Waals surface area contributed by atoms with E-state index < -0.39 is 70.1 Å². The van der Waals surface area contributed by atoms with Gasteiger partial charge in [-0.05, 0) is 32.9 Å². The summed E-state index contributed by atoms with van der Waals surface area (Å²) in [6, 6.07) is -1.11. The predicted octanol–water partition coefficient (Wildman–Crippen LogP) is -0.940. The van der Waals surface area contributed by atoms with Crippen molar-refractivity contribution in [2.24, 2.45) is 29.4 Å². The molecule has 3 aliphatic carbocycles. The minimum Gasteiger partial charge on any atom is -0.507 e. The van der Waals surface area contributed by atoms with Crippen LogP contribution in [0.2, 0.25) is 0 Å². The third kappa shape index (κ3) is 2.62. The van der Waals surface area contributed by atoms with E-state index in [0.717, 1.165) is 0 Å². The van der Waals surface area contributed by atoms with E-state index in [2.05, 4.69) is 5.32 Å². The number of primary amides is 1. The van der Waals surface area contributed by atoms with Crippen LogP contribution < -0.4 is 11.1 Å². The van der Waals surface area contributed by atoms with E-state index in [1.54, 1.807) is 14.1 Å². The number of carbonyl (C=O) groups excluding carboxylic acids is 4. The number of aromatic hydroxyl groups is 1. The molecule has 2 fully saturated rings. The summed E-state index contributed by atoms with van der Waals surface area (Å²) in [6.45, 7) is 0.374. The second-order valence-electron chi connectivity index (χ2n) is 9.92. The molecule has 1 amide bonds. The van der Waals surface area contributed by atoms with E-state index in [0.29, 0.717) is 0 Å². The number of hydrogen-bond acceptors (Lipinski definition) is 9. The first-order valence-electron chi connectivity index (χ1n) is 11.1. The standard InChI is InChI=1S/C23H25FN4O6/c1-28(2)16-11-4-7-3-8-13(17(29)10-6-27-5-9(10)15(8)24)18(30)12(7)21(32)23(11,34)20(25)14(19(16)31)22(26)33/h7,11-12,14,16,25,27,29,34H,3-6H2,1-2H3,(H2,26,33). The number of carbonyl (C=O) groups is 4. The molecule has 0 aromatic heterocycles. The molecule has 0 radical (unpaired) electrons. The third-order valence-electron chi connectivity index (χ3n) is 8.04. The normalized spacial score (nSPS) is 34.6. The summed E-state index contributed by atoms with van der Waals surface area (Å²) in [5, 5.41) is 33.8. The van der Waals surface area contributed by atoms with Crippen molar-refractivity contribution in [1.29, 1.82) is 5.41 Å². The summed E-state index contributed by atoms with van der Waals surface area (Å²) >= 11 is 0. The Kier molecular flexibility index (Phi) is 4.84. The zero-order chi connectivity index (χ0) is 24.9. The zero-order valence-corrected chi connectivity index (χ0v) is 18.6. The summed E-state index contributed by atoms with van der Waals surface area (Å²) in [7, 11) is 3.09. The molecule has 6 unspecified atom stereocenters. The van der Waals surface area contributed by atoms with E-state index in [-0.39, 0.29) is 53.9 Å². The summed E-state index contributed by atoms with van der Waals surface area (Å²) in [5.41, 5.74) is 2.26. The van der Waals surface area contributed by atoms with Gasteiger partial charge in [0.15, 0.2) is 23.0 Å². The molecule has 0 bridgehead atoms. The molecule has 2 saturated carbocycles. The number of aliphatic hydroxyl groups is 1. The predicted molar refractivity (Wildman–Crippen MR) is 115 cm³/mol. The van der Waals surface area contributed by atoms with Gasteiger partial charge in [-0.15, -0.1) is 0 Å². The number of phenols is 1. The van der Waals surface area contributed by atoms with Gasteiger partial charge in [0.05, 0.1) is 23.2 Å². The molecule has 6 atom stereocenters. The number of hydrogen-bond donors (Lipinski definition) is 5. The Morgan fingerprint density at radius 3 is 2.47 bits per heavy atom. The second-order valence-corrected chi connectivity index (χ2v) is 9.92. The molecule has 6 N–H and O–H groups in total. The van der Waals surface area contributed by atoms with Crippen LogP contribution in [0.4, 0.5) is 4.39 Å². The number of likely N-dealkylation sites (N-methyl/N-ethyl adjacent to an activating group) is 1. The maximum absolute atomic E-state index is 15.4. The van der Waals surface area contributed by atoms with E-state index in [1.165, 1.54) is 4.90 Å². The largest absolute Gasteiger partial charge is 0.507 e. The molecule has 1 heterocycles. The van der Waals surface area contributed by atoms with Gasteiger partial charge < -0.3 is 26.7 Å². The van der Waals surface area contributed by atoms with Crippen LogP contribution in [0.15, 0.2) is 0 Å². The molecular formula is C23H25FN4O6. The fourth-order valence-corrected chi connectivity index (χ4v) is 6.54. The molecule has 0 spiro atoms. The van der Waals surface area contributed by atoms with Crippen molar-refractivity contribution in [2.75, 3.05) is 14.1 Å². The summed E-state index contributed by atoms with van der Waals surface area (Å²) in [4.78, 5) is 53.9. The summed E-state index contributed by atoms with van der Waals surface area (Å²) < 4.78 is 15.4. The minimum atomic E-state index is -2.57. The first kappa shape index (κ1) is 22.8. The molecule has 1 aliphatic heterocycles. The van der Waals surface area contributed by atoms with Crippen molar-refractivity contribution < 1.29 is 33.8 Å². The molecule has 1 aromatic carbocycles. The SMILES string of the molecule is CN(C)C1C(=O)C(C(N)=O)C(=N)C2(O)C(=O)C3C(=O)c4c(O)c5c(c(F)c4CC3CC12)CNC5. The number of phenolic OH excluding ortho intramolecular Hbond substituents is 1. The number of benzene rings is 1. The van der Waals surface area contributed by atoms with Crippen molar-refractivity contribution >= 4 is 29.0 Å². The van der Waals surface area contributed by atoms with Crippen LogP contribution in [0.3, 0.4) is 0 Å². The third-order valence-corrected chi connectivity index (χ3v) is 8.04. The van der Waals surface area contributed by atoms with Gasteiger partial charge >= 0.3 is 0 Å². The van der Waals surface area contributed by atoms with Crippen LogP contribution in [0.5, 0.6) is 5.75 Å². The van der Waals surface area contributed by atoms with Crippen molar-refractivity contribution in [3.8, 4) is 5.75 Å². The lowest BCUT2D eigenvalue weighted by atomic mass is 9.52.